The zero-order valence-corrected chi connectivity index (χ0v) is 24.7. The third kappa shape index (κ3) is 6.93. The zero-order valence-electron chi connectivity index (χ0n) is 23.8. The zero-order chi connectivity index (χ0) is 28.8. The van der Waals surface area contributed by atoms with Crippen molar-refractivity contribution in [2.24, 2.45) is 5.92 Å². The summed E-state index contributed by atoms with van der Waals surface area (Å²) in [5.74, 6) is 1.69. The van der Waals surface area contributed by atoms with Gasteiger partial charge in [-0.2, -0.15) is 0 Å². The van der Waals surface area contributed by atoms with Gasteiger partial charge in [-0.15, -0.1) is 0 Å². The van der Waals surface area contributed by atoms with Crippen molar-refractivity contribution in [1.82, 2.24) is 9.80 Å². The Bertz CT molecular complexity index is 1330. The number of methoxy groups -OCH3 is 1. The van der Waals surface area contributed by atoms with Crippen molar-refractivity contribution in [2.75, 3.05) is 33.4 Å². The minimum absolute atomic E-state index is 0.0392. The number of nitrogens with zero attached hydrogens (tertiary/aromatic N) is 2. The number of likely N-dealkylation sites (tertiary alicyclic amines) is 1. The lowest BCUT2D eigenvalue weighted by Gasteiger charge is -2.31. The van der Waals surface area contributed by atoms with Crippen LogP contribution < -0.4 is 9.47 Å². The van der Waals surface area contributed by atoms with Crippen LogP contribution in [0.15, 0.2) is 71.3 Å². The number of amides is 1. The first-order valence-electron chi connectivity index (χ1n) is 14.4. The lowest BCUT2D eigenvalue weighted by atomic mass is 9.89. The highest BCUT2D eigenvalue weighted by Crippen LogP contribution is 2.52. The number of hydrogen-bond acceptors (Lipinski definition) is 7. The lowest BCUT2D eigenvalue weighted by Crippen LogP contribution is -2.37. The average Bonchev–Trinajstić information content (AvgIpc) is 3.39. The van der Waals surface area contributed by atoms with Crippen molar-refractivity contribution in [2.45, 2.75) is 50.8 Å². The number of carbonyl (C=O) groups is 3. The summed E-state index contributed by atoms with van der Waals surface area (Å²) in [7, 11) is 1.61. The topological polar surface area (TPSA) is 76.2 Å². The van der Waals surface area contributed by atoms with Gasteiger partial charge in [0.05, 0.1) is 13.7 Å². The Morgan fingerprint density at radius 1 is 1.05 bits per heavy atom. The molecule has 1 unspecified atom stereocenters. The normalized spacial score (nSPS) is 19.4. The molecule has 0 spiro atoms. The molecule has 1 fully saturated rings. The number of rotatable bonds is 11. The molecule has 41 heavy (non-hydrogen) atoms. The molecular formula is C33H38N2O5S. The maximum absolute atomic E-state index is 12.7. The van der Waals surface area contributed by atoms with Crippen molar-refractivity contribution in [3.63, 3.8) is 0 Å². The van der Waals surface area contributed by atoms with Crippen LogP contribution in [0.2, 0.25) is 0 Å². The predicted octanol–water partition coefficient (Wildman–Crippen LogP) is 5.71. The number of carbonyl (C=O) groups excluding carboxylic acids is 3. The van der Waals surface area contributed by atoms with Crippen LogP contribution in [-0.2, 0) is 20.8 Å². The largest absolute Gasteiger partial charge is 0.497 e. The molecule has 1 aliphatic carbocycles. The van der Waals surface area contributed by atoms with Crippen molar-refractivity contribution in [3.05, 3.63) is 82.4 Å². The monoisotopic (exact) mass is 574 g/mol. The molecule has 1 saturated heterocycles. The van der Waals surface area contributed by atoms with Gasteiger partial charge in [0.2, 0.25) is 5.91 Å². The second-order valence-corrected chi connectivity index (χ2v) is 11.9. The van der Waals surface area contributed by atoms with Gasteiger partial charge < -0.3 is 14.4 Å². The molecule has 0 saturated carbocycles. The van der Waals surface area contributed by atoms with Crippen LogP contribution in [0.5, 0.6) is 11.5 Å². The molecule has 5 rings (SSSR count). The summed E-state index contributed by atoms with van der Waals surface area (Å²) in [6.45, 7) is 4.95. The van der Waals surface area contributed by atoms with Crippen LogP contribution in [0.3, 0.4) is 0 Å². The van der Waals surface area contributed by atoms with E-state index >= 15 is 0 Å². The maximum atomic E-state index is 12.7. The SMILES string of the molecule is COc1ccc(OCCCCN2CCC(C(=O)Cc3ccccc3)CC2)c(C2SC3=C(C(=O)CC=C3)N2C(C)=O)c1. The fourth-order valence-electron chi connectivity index (χ4n) is 5.77. The van der Waals surface area contributed by atoms with Gasteiger partial charge in [0, 0.05) is 36.2 Å². The van der Waals surface area contributed by atoms with E-state index in [9.17, 15) is 14.4 Å². The molecule has 7 nitrogen and oxygen atoms in total. The highest BCUT2D eigenvalue weighted by atomic mass is 32.2. The molecule has 1 amide bonds. The standard InChI is InChI=1S/C33H38N2O5S/c1-23(36)35-32-28(37)11-8-12-31(32)41-33(35)27-22-26(39-2)13-14-30(27)40-20-7-6-17-34-18-15-25(16-19-34)29(38)21-24-9-4-3-5-10-24/h3-5,8-10,12-14,22,25,33H,6-7,11,15-21H2,1-2H3. The number of ether oxygens (including phenoxy) is 2. The minimum Gasteiger partial charge on any atom is -0.497 e. The van der Waals surface area contributed by atoms with Crippen LogP contribution in [0, 0.1) is 5.92 Å². The van der Waals surface area contributed by atoms with Crippen molar-refractivity contribution in [1.29, 1.82) is 0 Å². The van der Waals surface area contributed by atoms with Gasteiger partial charge >= 0.3 is 0 Å². The molecule has 2 heterocycles. The van der Waals surface area contributed by atoms with Crippen LogP contribution in [-0.4, -0.2) is 60.6 Å². The van der Waals surface area contributed by atoms with Gasteiger partial charge in [-0.05, 0) is 75.2 Å². The molecule has 1 atom stereocenters. The summed E-state index contributed by atoms with van der Waals surface area (Å²) < 4.78 is 11.7. The molecule has 0 radical (unpaired) electrons. The Kier molecular flexibility index (Phi) is 9.62. The van der Waals surface area contributed by atoms with Crippen molar-refractivity contribution in [3.8, 4) is 11.5 Å². The Morgan fingerprint density at radius 3 is 2.56 bits per heavy atom. The molecule has 2 aromatic carbocycles. The molecule has 2 aromatic rings. The Hall–Kier alpha value is -3.36. The maximum Gasteiger partial charge on any atom is 0.225 e. The van der Waals surface area contributed by atoms with Gasteiger partial charge in [-0.25, -0.2) is 0 Å². The summed E-state index contributed by atoms with van der Waals surface area (Å²) in [4.78, 5) is 43.0. The van der Waals surface area contributed by atoms with E-state index in [1.165, 1.54) is 18.7 Å². The number of unbranched alkanes of at least 4 members (excludes halogenated alkanes) is 1. The molecule has 2 aliphatic heterocycles. The van der Waals surface area contributed by atoms with Crippen LogP contribution >= 0.6 is 11.8 Å². The van der Waals surface area contributed by atoms with Gasteiger partial charge in [0.1, 0.15) is 28.4 Å². The Balaban J connectivity index is 1.12. The number of piperidine rings is 1. The first kappa shape index (κ1) is 29.1. The van der Waals surface area contributed by atoms with Gasteiger partial charge in [0.25, 0.3) is 0 Å². The molecule has 3 aliphatic rings. The van der Waals surface area contributed by atoms with Crippen LogP contribution in [0.25, 0.3) is 0 Å². The number of ketones is 2. The molecule has 0 N–H and O–H groups in total. The lowest BCUT2D eigenvalue weighted by molar-refractivity contribution is -0.130. The Morgan fingerprint density at radius 2 is 1.83 bits per heavy atom. The molecule has 8 heteroatoms. The summed E-state index contributed by atoms with van der Waals surface area (Å²) >= 11 is 1.50. The number of benzene rings is 2. The molecule has 0 aromatic heterocycles. The van der Waals surface area contributed by atoms with Gasteiger partial charge in [0.15, 0.2) is 5.78 Å². The highest BCUT2D eigenvalue weighted by Gasteiger charge is 2.41. The molecular weight excluding hydrogens is 536 g/mol. The number of Topliss-reactive ketones (excluding diaryl/α,β-unsaturated/α-hetero) is 2. The smallest absolute Gasteiger partial charge is 0.225 e. The minimum atomic E-state index is -0.389. The van der Waals surface area contributed by atoms with E-state index in [1.54, 1.807) is 12.0 Å². The van der Waals surface area contributed by atoms with Crippen molar-refractivity contribution < 1.29 is 23.9 Å². The van der Waals surface area contributed by atoms with Gasteiger partial charge in [-0.3, -0.25) is 19.3 Å². The quantitative estimate of drug-likeness (QED) is 0.318. The van der Waals surface area contributed by atoms with E-state index < -0.39 is 0 Å². The van der Waals surface area contributed by atoms with E-state index in [-0.39, 0.29) is 23.0 Å². The van der Waals surface area contributed by atoms with E-state index in [0.29, 0.717) is 42.4 Å². The van der Waals surface area contributed by atoms with Crippen LogP contribution in [0.1, 0.15) is 55.5 Å². The van der Waals surface area contributed by atoms with E-state index in [0.717, 1.165) is 61.3 Å². The second-order valence-electron chi connectivity index (χ2n) is 10.8. The Labute approximate surface area is 246 Å². The first-order chi connectivity index (χ1) is 19.9. The fraction of sp³-hybridized carbons (Fsp3) is 0.424. The summed E-state index contributed by atoms with van der Waals surface area (Å²) in [5, 5.41) is -0.389. The first-order valence-corrected chi connectivity index (χ1v) is 15.3. The van der Waals surface area contributed by atoms with Crippen molar-refractivity contribution >= 4 is 29.2 Å². The van der Waals surface area contributed by atoms with Gasteiger partial charge in [-0.1, -0.05) is 48.2 Å². The summed E-state index contributed by atoms with van der Waals surface area (Å²) in [5.41, 5.74) is 2.40. The van der Waals surface area contributed by atoms with Crippen LogP contribution in [0.4, 0.5) is 0 Å². The van der Waals surface area contributed by atoms with E-state index in [4.69, 9.17) is 9.47 Å². The third-order valence-electron chi connectivity index (χ3n) is 8.00. The van der Waals surface area contributed by atoms with E-state index in [2.05, 4.69) is 4.90 Å². The number of hydrogen-bond donors (Lipinski definition) is 0. The second kappa shape index (κ2) is 13.5. The number of thioether (sulfide) groups is 1. The third-order valence-corrected chi connectivity index (χ3v) is 9.27. The predicted molar refractivity (Wildman–Crippen MR) is 161 cm³/mol. The fourth-order valence-corrected chi connectivity index (χ4v) is 7.18. The van der Waals surface area contributed by atoms with E-state index in [1.807, 2.05) is 60.7 Å². The summed E-state index contributed by atoms with van der Waals surface area (Å²) in [6.07, 6.45) is 8.37. The highest BCUT2D eigenvalue weighted by molar-refractivity contribution is 8.03. The molecule has 0 bridgehead atoms. The molecule has 216 valence electrons. The number of allylic oxidation sites excluding steroid dienone is 3. The average molecular weight is 575 g/mol. The summed E-state index contributed by atoms with van der Waals surface area (Å²) in [6, 6.07) is 15.7.